The second-order valence-corrected chi connectivity index (χ2v) is 6.22. The van der Waals surface area contributed by atoms with Crippen LogP contribution < -0.4 is 0 Å². The van der Waals surface area contributed by atoms with Crippen LogP contribution in [0.3, 0.4) is 0 Å². The zero-order valence-corrected chi connectivity index (χ0v) is 13.3. The van der Waals surface area contributed by atoms with Crippen molar-refractivity contribution in [1.29, 1.82) is 0 Å². The average Bonchev–Trinajstić information content (AvgIpc) is 2.89. The summed E-state index contributed by atoms with van der Waals surface area (Å²) in [6, 6.07) is 0. The normalized spacial score (nSPS) is 13.3. The molecule has 0 spiro atoms. The van der Waals surface area contributed by atoms with Crippen molar-refractivity contribution >= 4 is 17.3 Å². The zero-order chi connectivity index (χ0) is 15.0. The van der Waals surface area contributed by atoms with Gasteiger partial charge in [-0.2, -0.15) is 0 Å². The van der Waals surface area contributed by atoms with E-state index in [9.17, 15) is 4.79 Å². The van der Waals surface area contributed by atoms with E-state index in [1.165, 1.54) is 5.57 Å². The summed E-state index contributed by atoms with van der Waals surface area (Å²) in [5.74, 6) is -0.195. The van der Waals surface area contributed by atoms with Gasteiger partial charge in [0.1, 0.15) is 5.60 Å². The summed E-state index contributed by atoms with van der Waals surface area (Å²) in [5.41, 5.74) is 0.679. The molecule has 3 nitrogen and oxygen atoms in total. The maximum Gasteiger partial charge on any atom is 0.307 e. The lowest BCUT2D eigenvalue weighted by molar-refractivity contribution is -0.154. The number of aryl methyl sites for hydroxylation is 1. The maximum atomic E-state index is 11.9. The topological polar surface area (TPSA) is 39.2 Å². The fourth-order valence-corrected chi connectivity index (χ4v) is 2.36. The van der Waals surface area contributed by atoms with E-state index >= 15 is 0 Å². The second-order valence-electron chi connectivity index (χ2n) is 5.24. The van der Waals surface area contributed by atoms with Crippen LogP contribution in [0.5, 0.6) is 0 Å². The van der Waals surface area contributed by atoms with E-state index in [0.29, 0.717) is 12.8 Å². The van der Waals surface area contributed by atoms with E-state index in [2.05, 4.69) is 31.5 Å². The number of carbonyl (C=O) groups excluding carboxylic acids is 1. The zero-order valence-electron chi connectivity index (χ0n) is 12.5. The molecule has 1 atom stereocenters. The quantitative estimate of drug-likeness (QED) is 0.529. The number of esters is 1. The molecule has 4 heteroatoms. The van der Waals surface area contributed by atoms with Crippen LogP contribution in [-0.4, -0.2) is 16.6 Å². The Morgan fingerprint density at radius 3 is 2.85 bits per heavy atom. The molecule has 1 aromatic rings. The molecule has 0 aromatic carbocycles. The number of rotatable bonds is 8. The summed E-state index contributed by atoms with van der Waals surface area (Å²) in [6.07, 6.45) is 8.24. The molecule has 20 heavy (non-hydrogen) atoms. The highest BCUT2D eigenvalue weighted by Crippen LogP contribution is 2.21. The Hall–Kier alpha value is -1.42. The first-order chi connectivity index (χ1) is 9.45. The summed E-state index contributed by atoms with van der Waals surface area (Å²) in [6.45, 7) is 9.81. The number of aromatic nitrogens is 1. The van der Waals surface area contributed by atoms with Crippen LogP contribution in [0, 0.1) is 0 Å². The van der Waals surface area contributed by atoms with Gasteiger partial charge in [0.25, 0.3) is 0 Å². The summed E-state index contributed by atoms with van der Waals surface area (Å²) in [5, 5.41) is 2.88. The van der Waals surface area contributed by atoms with Gasteiger partial charge in [-0.1, -0.05) is 18.2 Å². The van der Waals surface area contributed by atoms with Crippen LogP contribution in [0.1, 0.15) is 45.0 Å². The number of ether oxygens (including phenoxy) is 1. The SMILES string of the molecule is C=CC(C)(CCC=C(C)C)OC(=O)CCc1nccs1. The van der Waals surface area contributed by atoms with Gasteiger partial charge in [0.05, 0.1) is 11.4 Å². The molecule has 1 rings (SSSR count). The van der Waals surface area contributed by atoms with Crippen molar-refractivity contribution in [3.8, 4) is 0 Å². The first-order valence-electron chi connectivity index (χ1n) is 6.82. The fraction of sp³-hybridized carbons (Fsp3) is 0.500. The highest BCUT2D eigenvalue weighted by atomic mass is 32.1. The van der Waals surface area contributed by atoms with E-state index in [0.717, 1.165) is 17.8 Å². The third kappa shape index (κ3) is 6.15. The van der Waals surface area contributed by atoms with Gasteiger partial charge in [0.15, 0.2) is 0 Å². The van der Waals surface area contributed by atoms with E-state index in [1.807, 2.05) is 12.3 Å². The smallest absolute Gasteiger partial charge is 0.307 e. The van der Waals surface area contributed by atoms with Gasteiger partial charge >= 0.3 is 5.97 Å². The van der Waals surface area contributed by atoms with Gasteiger partial charge < -0.3 is 4.74 Å². The Kier molecular flexibility index (Phi) is 6.65. The Morgan fingerprint density at radius 1 is 1.55 bits per heavy atom. The molecule has 0 saturated heterocycles. The second kappa shape index (κ2) is 8.00. The van der Waals surface area contributed by atoms with Gasteiger partial charge in [0, 0.05) is 18.0 Å². The monoisotopic (exact) mass is 293 g/mol. The Morgan fingerprint density at radius 2 is 2.30 bits per heavy atom. The fourth-order valence-electron chi connectivity index (χ4n) is 1.74. The number of carbonyl (C=O) groups is 1. The average molecular weight is 293 g/mol. The summed E-state index contributed by atoms with van der Waals surface area (Å²) >= 11 is 1.56. The lowest BCUT2D eigenvalue weighted by Gasteiger charge is -2.25. The van der Waals surface area contributed by atoms with Gasteiger partial charge in [-0.3, -0.25) is 4.79 Å². The van der Waals surface area contributed by atoms with Crippen LogP contribution in [0.15, 0.2) is 35.9 Å². The third-order valence-electron chi connectivity index (χ3n) is 3.00. The number of hydrogen-bond donors (Lipinski definition) is 0. The predicted octanol–water partition coefficient (Wildman–Crippen LogP) is 4.31. The van der Waals surface area contributed by atoms with Crippen molar-refractivity contribution in [2.75, 3.05) is 0 Å². The van der Waals surface area contributed by atoms with Crippen molar-refractivity contribution < 1.29 is 9.53 Å². The lowest BCUT2D eigenvalue weighted by Crippen LogP contribution is -2.29. The summed E-state index contributed by atoms with van der Waals surface area (Å²) in [4.78, 5) is 16.1. The molecule has 0 aliphatic carbocycles. The molecule has 0 amide bonds. The molecule has 0 aliphatic heterocycles. The number of hydrogen-bond acceptors (Lipinski definition) is 4. The largest absolute Gasteiger partial charge is 0.455 e. The van der Waals surface area contributed by atoms with Crippen LogP contribution in [0.2, 0.25) is 0 Å². The molecule has 0 fully saturated rings. The first kappa shape index (κ1) is 16.6. The van der Waals surface area contributed by atoms with Crippen molar-refractivity contribution in [2.45, 2.75) is 52.1 Å². The maximum absolute atomic E-state index is 11.9. The minimum absolute atomic E-state index is 0.195. The Bertz CT molecular complexity index is 461. The number of allylic oxidation sites excluding steroid dienone is 2. The first-order valence-corrected chi connectivity index (χ1v) is 7.70. The molecule has 0 saturated carbocycles. The molecule has 110 valence electrons. The van der Waals surface area contributed by atoms with E-state index < -0.39 is 5.60 Å². The number of nitrogens with zero attached hydrogens (tertiary/aromatic N) is 1. The molecule has 1 heterocycles. The molecule has 0 N–H and O–H groups in total. The van der Waals surface area contributed by atoms with Crippen molar-refractivity contribution in [3.63, 3.8) is 0 Å². The lowest BCUT2D eigenvalue weighted by atomic mass is 9.99. The summed E-state index contributed by atoms with van der Waals surface area (Å²) < 4.78 is 5.56. The van der Waals surface area contributed by atoms with Gasteiger partial charge in [-0.25, -0.2) is 4.98 Å². The molecular weight excluding hydrogens is 270 g/mol. The van der Waals surface area contributed by atoms with Gasteiger partial charge in [0.2, 0.25) is 0 Å². The highest BCUT2D eigenvalue weighted by molar-refractivity contribution is 7.09. The Balaban J connectivity index is 2.43. The summed E-state index contributed by atoms with van der Waals surface area (Å²) in [7, 11) is 0. The number of thiazole rings is 1. The molecule has 0 aliphatic rings. The van der Waals surface area contributed by atoms with Crippen molar-refractivity contribution in [3.05, 3.63) is 40.9 Å². The standard InChI is InChI=1S/C16H23NO2S/c1-5-16(4,10-6-7-13(2)3)19-15(18)9-8-14-17-11-12-20-14/h5,7,11-12H,1,6,8-10H2,2-4H3. The van der Waals surface area contributed by atoms with Crippen molar-refractivity contribution in [2.24, 2.45) is 0 Å². The van der Waals surface area contributed by atoms with Crippen LogP contribution in [0.4, 0.5) is 0 Å². The molecule has 0 bridgehead atoms. The minimum Gasteiger partial charge on any atom is -0.455 e. The molecular formula is C16H23NO2S. The van der Waals surface area contributed by atoms with Crippen LogP contribution in [-0.2, 0) is 16.0 Å². The van der Waals surface area contributed by atoms with Gasteiger partial charge in [-0.15, -0.1) is 11.3 Å². The van der Waals surface area contributed by atoms with Crippen molar-refractivity contribution in [1.82, 2.24) is 4.98 Å². The highest BCUT2D eigenvalue weighted by Gasteiger charge is 2.24. The van der Waals surface area contributed by atoms with Crippen LogP contribution >= 0.6 is 11.3 Å². The molecule has 1 unspecified atom stereocenters. The molecule has 0 radical (unpaired) electrons. The van der Waals surface area contributed by atoms with Gasteiger partial charge in [-0.05, 0) is 39.7 Å². The predicted molar refractivity (Wildman–Crippen MR) is 83.8 cm³/mol. The molecule has 1 aromatic heterocycles. The van der Waals surface area contributed by atoms with E-state index in [1.54, 1.807) is 23.6 Å². The van der Waals surface area contributed by atoms with E-state index in [-0.39, 0.29) is 5.97 Å². The minimum atomic E-state index is -0.591. The van der Waals surface area contributed by atoms with E-state index in [4.69, 9.17) is 4.74 Å². The third-order valence-corrected chi connectivity index (χ3v) is 3.84. The Labute approximate surface area is 125 Å². The van der Waals surface area contributed by atoms with Crippen LogP contribution in [0.25, 0.3) is 0 Å².